The van der Waals surface area contributed by atoms with Gasteiger partial charge in [0.25, 0.3) is 0 Å². The Morgan fingerprint density at radius 2 is 1.73 bits per heavy atom. The van der Waals surface area contributed by atoms with Gasteiger partial charge in [-0.2, -0.15) is 13.2 Å². The molecule has 0 aliphatic rings. The van der Waals surface area contributed by atoms with E-state index in [-0.39, 0.29) is 23.1 Å². The van der Waals surface area contributed by atoms with Crippen LogP contribution in [0.15, 0.2) is 0 Å². The van der Waals surface area contributed by atoms with Gasteiger partial charge in [0.05, 0.1) is 7.82 Å². The smallest absolute Gasteiger partial charge is 0.790 e. The summed E-state index contributed by atoms with van der Waals surface area (Å²) in [6, 6.07) is 0. The third kappa shape index (κ3) is 13.6. The third-order valence-corrected chi connectivity index (χ3v) is 0.832. The molecule has 0 rings (SSSR count). The predicted octanol–water partition coefficient (Wildman–Crippen LogP) is -0.987. The van der Waals surface area contributed by atoms with Crippen LogP contribution in [-0.4, -0.2) is 35.8 Å². The Bertz CT molecular complexity index is 152. The van der Waals surface area contributed by atoms with Crippen LogP contribution in [0.1, 0.15) is 0 Å². The van der Waals surface area contributed by atoms with E-state index in [0.717, 1.165) is 0 Å². The van der Waals surface area contributed by atoms with Crippen molar-refractivity contribution in [2.24, 2.45) is 0 Å². The molecule has 4 nitrogen and oxygen atoms in total. The van der Waals surface area contributed by atoms with Gasteiger partial charge in [-0.3, -0.25) is 0 Å². The van der Waals surface area contributed by atoms with Crippen LogP contribution >= 0.6 is 7.82 Å². The van der Waals surface area contributed by atoms with Crippen LogP contribution in [0, 0.1) is 0 Å². The van der Waals surface area contributed by atoms with Crippen LogP contribution in [0.3, 0.4) is 0 Å². The minimum absolute atomic E-state index is 0. The zero-order valence-electron chi connectivity index (χ0n) is 5.13. The van der Waals surface area contributed by atoms with Crippen molar-refractivity contribution in [3.05, 3.63) is 0 Å². The number of hydrogen-bond donors (Lipinski definition) is 0. The molecule has 0 spiro atoms. The van der Waals surface area contributed by atoms with E-state index in [9.17, 15) is 27.5 Å². The van der Waals surface area contributed by atoms with Gasteiger partial charge >= 0.3 is 29.2 Å². The molecule has 0 saturated carbocycles. The summed E-state index contributed by atoms with van der Waals surface area (Å²) in [7, 11) is -5.48. The minimum Gasteiger partial charge on any atom is -0.790 e. The molecule has 0 atom stereocenters. The van der Waals surface area contributed by atoms with Crippen molar-refractivity contribution < 1.29 is 32.0 Å². The van der Waals surface area contributed by atoms with Crippen LogP contribution in [0.25, 0.3) is 0 Å². The van der Waals surface area contributed by atoms with Gasteiger partial charge in [-0.05, 0) is 0 Å². The fourth-order valence-electron chi connectivity index (χ4n) is 0.152. The number of hydrogen-bond acceptors (Lipinski definition) is 4. The van der Waals surface area contributed by atoms with Crippen molar-refractivity contribution in [1.82, 2.24) is 0 Å². The van der Waals surface area contributed by atoms with Crippen molar-refractivity contribution >= 4 is 30.9 Å². The molecular formula is C2H2F3MgO4P. The van der Waals surface area contributed by atoms with E-state index in [4.69, 9.17) is 0 Å². The van der Waals surface area contributed by atoms with Crippen molar-refractivity contribution in [3.8, 4) is 0 Å². The van der Waals surface area contributed by atoms with E-state index in [0.29, 0.717) is 0 Å². The first-order valence-electron chi connectivity index (χ1n) is 1.94. The fraction of sp³-hybridized carbons (Fsp3) is 1.00. The molecule has 62 valence electrons. The van der Waals surface area contributed by atoms with E-state index in [1.807, 2.05) is 0 Å². The van der Waals surface area contributed by atoms with Crippen LogP contribution in [0.2, 0.25) is 0 Å². The van der Waals surface area contributed by atoms with E-state index in [1.54, 1.807) is 0 Å². The Morgan fingerprint density at radius 3 is 1.82 bits per heavy atom. The summed E-state index contributed by atoms with van der Waals surface area (Å²) in [4.78, 5) is 18.9. The number of rotatable bonds is 2. The van der Waals surface area contributed by atoms with E-state index in [1.165, 1.54) is 0 Å². The molecule has 9 heteroatoms. The Morgan fingerprint density at radius 1 is 1.36 bits per heavy atom. The first-order valence-corrected chi connectivity index (χ1v) is 3.40. The normalized spacial score (nSPS) is 12.5. The summed E-state index contributed by atoms with van der Waals surface area (Å²) >= 11 is 0. The van der Waals surface area contributed by atoms with Gasteiger partial charge < -0.3 is 18.9 Å². The van der Waals surface area contributed by atoms with E-state index < -0.39 is 20.6 Å². The second-order valence-corrected chi connectivity index (χ2v) is 2.49. The Balaban J connectivity index is 0. The molecule has 0 aromatic rings. The molecule has 0 fully saturated rings. The first-order chi connectivity index (χ1) is 4.21. The first kappa shape index (κ1) is 14.2. The molecule has 0 radical (unpaired) electrons. The molecular weight excluding hydrogens is 200 g/mol. The molecule has 0 aromatic heterocycles. The van der Waals surface area contributed by atoms with Crippen LogP contribution < -0.4 is 9.79 Å². The summed E-state index contributed by atoms with van der Waals surface area (Å²) in [5, 5.41) is 0. The van der Waals surface area contributed by atoms with Crippen molar-refractivity contribution in [2.75, 3.05) is 6.61 Å². The molecule has 0 bridgehead atoms. The van der Waals surface area contributed by atoms with Gasteiger partial charge in [-0.15, -0.1) is 0 Å². The minimum atomic E-state index is -5.48. The summed E-state index contributed by atoms with van der Waals surface area (Å²) < 4.78 is 45.5. The second kappa shape index (κ2) is 4.63. The summed E-state index contributed by atoms with van der Waals surface area (Å²) in [5.74, 6) is 0. The summed E-state index contributed by atoms with van der Waals surface area (Å²) in [5.41, 5.74) is 0. The Labute approximate surface area is 76.1 Å². The van der Waals surface area contributed by atoms with E-state index >= 15 is 0 Å². The van der Waals surface area contributed by atoms with Gasteiger partial charge in [0.1, 0.15) is 6.61 Å². The largest absolute Gasteiger partial charge is 2.00 e. The van der Waals surface area contributed by atoms with Crippen LogP contribution in [0.5, 0.6) is 0 Å². The van der Waals surface area contributed by atoms with Gasteiger partial charge in [0.2, 0.25) is 0 Å². The molecule has 0 aliphatic heterocycles. The zero-order valence-corrected chi connectivity index (χ0v) is 7.44. The Kier molecular flexibility index (Phi) is 5.98. The molecule has 0 unspecified atom stereocenters. The fourth-order valence-corrected chi connectivity index (χ4v) is 0.457. The van der Waals surface area contributed by atoms with Gasteiger partial charge in [-0.25, -0.2) is 0 Å². The van der Waals surface area contributed by atoms with Crippen LogP contribution in [0.4, 0.5) is 13.2 Å². The van der Waals surface area contributed by atoms with Gasteiger partial charge in [-0.1, -0.05) is 0 Å². The number of phosphoric acid groups is 1. The monoisotopic (exact) mass is 202 g/mol. The molecule has 0 aromatic carbocycles. The summed E-state index contributed by atoms with van der Waals surface area (Å²) in [6.07, 6.45) is -4.79. The number of halogens is 3. The number of phosphoric ester groups is 1. The summed E-state index contributed by atoms with van der Waals surface area (Å²) in [6.45, 7) is -2.06. The molecule has 0 aliphatic carbocycles. The van der Waals surface area contributed by atoms with Crippen molar-refractivity contribution in [3.63, 3.8) is 0 Å². The molecule has 11 heavy (non-hydrogen) atoms. The predicted molar refractivity (Wildman–Crippen MR) is 25.4 cm³/mol. The molecule has 0 amide bonds. The second-order valence-electron chi connectivity index (χ2n) is 1.34. The van der Waals surface area contributed by atoms with Gasteiger partial charge in [0, 0.05) is 0 Å². The maximum absolute atomic E-state index is 11.1. The third-order valence-electron chi connectivity index (χ3n) is 0.386. The van der Waals surface area contributed by atoms with Gasteiger partial charge in [0.15, 0.2) is 0 Å². The standard InChI is InChI=1S/C2H4F3O4P.Mg/c3-2(4,5)1-9-10(6,7)8;/h1H2,(H2,6,7,8);/q;+2/p-2. The topological polar surface area (TPSA) is 72.4 Å². The molecule has 0 saturated heterocycles. The number of alkyl halides is 3. The maximum Gasteiger partial charge on any atom is 2.00 e. The van der Waals surface area contributed by atoms with Crippen molar-refractivity contribution in [2.45, 2.75) is 6.18 Å². The molecule has 0 heterocycles. The average Bonchev–Trinajstić information content (AvgIpc) is 1.57. The molecule has 0 N–H and O–H groups in total. The maximum atomic E-state index is 11.1. The van der Waals surface area contributed by atoms with E-state index in [2.05, 4.69) is 4.52 Å². The quantitative estimate of drug-likeness (QED) is 0.426. The van der Waals surface area contributed by atoms with Crippen LogP contribution in [-0.2, 0) is 9.09 Å². The zero-order chi connectivity index (χ0) is 8.41. The van der Waals surface area contributed by atoms with Crippen molar-refractivity contribution in [1.29, 1.82) is 0 Å². The Hall–Kier alpha value is 0.666. The SMILES string of the molecule is O=P([O-])([O-])OCC(F)(F)F.[Mg+2]. The average molecular weight is 202 g/mol.